The number of furan rings is 1. The van der Waals surface area contributed by atoms with Crippen molar-refractivity contribution in [2.75, 3.05) is 5.43 Å². The summed E-state index contributed by atoms with van der Waals surface area (Å²) < 4.78 is 43.7. The van der Waals surface area contributed by atoms with Crippen LogP contribution in [-0.4, -0.2) is 11.1 Å². The first kappa shape index (κ1) is 19.4. The summed E-state index contributed by atoms with van der Waals surface area (Å²) in [6.07, 6.45) is -3.44. The van der Waals surface area contributed by atoms with Crippen molar-refractivity contribution in [1.29, 1.82) is 0 Å². The molecule has 0 aliphatic carbocycles. The first-order valence-electron chi connectivity index (χ1n) is 7.74. The van der Waals surface area contributed by atoms with Gasteiger partial charge in [0, 0.05) is 16.7 Å². The molecule has 28 heavy (non-hydrogen) atoms. The number of nitro benzene ring substituents is 1. The van der Waals surface area contributed by atoms with Crippen LogP contribution >= 0.6 is 11.6 Å². The lowest BCUT2D eigenvalue weighted by atomic mass is 10.1. The lowest BCUT2D eigenvalue weighted by molar-refractivity contribution is -0.384. The SMILES string of the molecule is O=[N+]([O-])c1cc(C(F)(F)F)ccc1N/N=C\c1ccc(-c2cccc(Cl)c2)o1. The second-order valence-corrected chi connectivity index (χ2v) is 6.01. The molecule has 0 bridgehead atoms. The molecule has 3 aromatic rings. The maximum Gasteiger partial charge on any atom is 0.416 e. The van der Waals surface area contributed by atoms with Gasteiger partial charge in [0.15, 0.2) is 0 Å². The number of benzene rings is 2. The number of hydrazone groups is 1. The maximum atomic E-state index is 12.7. The highest BCUT2D eigenvalue weighted by Crippen LogP contribution is 2.35. The van der Waals surface area contributed by atoms with Gasteiger partial charge in [-0.15, -0.1) is 0 Å². The number of alkyl halides is 3. The molecule has 0 amide bonds. The number of nitrogens with zero attached hydrogens (tertiary/aromatic N) is 2. The van der Waals surface area contributed by atoms with Gasteiger partial charge in [-0.1, -0.05) is 23.7 Å². The number of anilines is 1. The highest BCUT2D eigenvalue weighted by atomic mass is 35.5. The Kier molecular flexibility index (Phi) is 5.36. The zero-order valence-corrected chi connectivity index (χ0v) is 14.7. The number of nitro groups is 1. The van der Waals surface area contributed by atoms with E-state index in [-0.39, 0.29) is 5.69 Å². The van der Waals surface area contributed by atoms with Crippen molar-refractivity contribution in [3.8, 4) is 11.3 Å². The molecule has 0 aliphatic heterocycles. The topological polar surface area (TPSA) is 80.7 Å². The summed E-state index contributed by atoms with van der Waals surface area (Å²) >= 11 is 5.93. The molecule has 0 radical (unpaired) electrons. The minimum atomic E-state index is -4.68. The summed E-state index contributed by atoms with van der Waals surface area (Å²) in [4.78, 5) is 10.1. The Morgan fingerprint density at radius 1 is 1.14 bits per heavy atom. The van der Waals surface area contributed by atoms with Crippen molar-refractivity contribution in [2.45, 2.75) is 6.18 Å². The van der Waals surface area contributed by atoms with Gasteiger partial charge in [0.25, 0.3) is 5.69 Å². The van der Waals surface area contributed by atoms with Gasteiger partial charge in [0.1, 0.15) is 17.2 Å². The van der Waals surface area contributed by atoms with Crippen molar-refractivity contribution in [2.24, 2.45) is 5.10 Å². The maximum absolute atomic E-state index is 12.7. The van der Waals surface area contributed by atoms with Crippen molar-refractivity contribution < 1.29 is 22.5 Å². The third-order valence-corrected chi connectivity index (χ3v) is 3.87. The molecule has 0 spiro atoms. The summed E-state index contributed by atoms with van der Waals surface area (Å²) in [5.74, 6) is 0.863. The van der Waals surface area contributed by atoms with Gasteiger partial charge in [-0.3, -0.25) is 15.5 Å². The Hall–Kier alpha value is -3.33. The summed E-state index contributed by atoms with van der Waals surface area (Å²) in [6, 6.07) is 12.4. The molecule has 0 fully saturated rings. The highest BCUT2D eigenvalue weighted by Gasteiger charge is 2.33. The molecule has 0 aliphatic rings. The number of hydrogen-bond donors (Lipinski definition) is 1. The molecular weight excluding hydrogens is 399 g/mol. The molecule has 6 nitrogen and oxygen atoms in total. The van der Waals surface area contributed by atoms with Crippen LogP contribution in [0.1, 0.15) is 11.3 Å². The summed E-state index contributed by atoms with van der Waals surface area (Å²) in [5, 5.41) is 15.4. The van der Waals surface area contributed by atoms with Crippen molar-refractivity contribution in [1.82, 2.24) is 0 Å². The van der Waals surface area contributed by atoms with Crippen LogP contribution in [-0.2, 0) is 6.18 Å². The zero-order valence-electron chi connectivity index (χ0n) is 13.9. The average molecular weight is 410 g/mol. The fourth-order valence-electron chi connectivity index (χ4n) is 2.34. The second kappa shape index (κ2) is 7.73. The number of rotatable bonds is 5. The third kappa shape index (κ3) is 4.49. The van der Waals surface area contributed by atoms with E-state index in [9.17, 15) is 23.3 Å². The van der Waals surface area contributed by atoms with Crippen LogP contribution in [0, 0.1) is 10.1 Å². The zero-order chi connectivity index (χ0) is 20.3. The second-order valence-electron chi connectivity index (χ2n) is 5.57. The Labute approximate surface area is 161 Å². The Morgan fingerprint density at radius 3 is 2.61 bits per heavy atom. The van der Waals surface area contributed by atoms with E-state index in [2.05, 4.69) is 10.5 Å². The van der Waals surface area contributed by atoms with Crippen LogP contribution in [0.15, 0.2) is 64.1 Å². The molecule has 0 saturated carbocycles. The van der Waals surface area contributed by atoms with E-state index in [1.165, 1.54) is 6.21 Å². The van der Waals surface area contributed by atoms with Crippen LogP contribution in [0.4, 0.5) is 24.5 Å². The quantitative estimate of drug-likeness (QED) is 0.319. The van der Waals surface area contributed by atoms with Gasteiger partial charge in [0.2, 0.25) is 0 Å². The van der Waals surface area contributed by atoms with Crippen LogP contribution in [0.5, 0.6) is 0 Å². The number of halogens is 4. The smallest absolute Gasteiger partial charge is 0.416 e. The molecule has 144 valence electrons. The predicted octanol–water partition coefficient (Wildman–Crippen LogP) is 5.97. The van der Waals surface area contributed by atoms with E-state index in [0.717, 1.165) is 17.7 Å². The molecule has 3 rings (SSSR count). The summed E-state index contributed by atoms with van der Waals surface area (Å²) in [7, 11) is 0. The van der Waals surface area contributed by atoms with E-state index in [1.54, 1.807) is 36.4 Å². The van der Waals surface area contributed by atoms with E-state index in [1.807, 2.05) is 0 Å². The van der Waals surface area contributed by atoms with Gasteiger partial charge in [-0.25, -0.2) is 0 Å². The Balaban J connectivity index is 1.77. The van der Waals surface area contributed by atoms with Gasteiger partial charge in [0.05, 0.1) is 16.7 Å². The predicted molar refractivity (Wildman–Crippen MR) is 98.5 cm³/mol. The molecule has 1 aromatic heterocycles. The van der Waals surface area contributed by atoms with Gasteiger partial charge in [-0.05, 0) is 36.4 Å². The summed E-state index contributed by atoms with van der Waals surface area (Å²) in [5.41, 5.74) is 1.06. The Morgan fingerprint density at radius 2 is 1.93 bits per heavy atom. The largest absolute Gasteiger partial charge is 0.455 e. The van der Waals surface area contributed by atoms with Crippen LogP contribution in [0.2, 0.25) is 5.02 Å². The Bertz CT molecular complexity index is 1050. The van der Waals surface area contributed by atoms with Gasteiger partial charge in [-0.2, -0.15) is 18.3 Å². The lowest BCUT2D eigenvalue weighted by Crippen LogP contribution is -2.06. The van der Waals surface area contributed by atoms with E-state index < -0.39 is 22.4 Å². The van der Waals surface area contributed by atoms with Gasteiger partial charge >= 0.3 is 6.18 Å². The highest BCUT2D eigenvalue weighted by molar-refractivity contribution is 6.30. The molecule has 1 N–H and O–H groups in total. The van der Waals surface area contributed by atoms with Crippen LogP contribution in [0.3, 0.4) is 0 Å². The minimum absolute atomic E-state index is 0.184. The molecule has 0 saturated heterocycles. The molecule has 10 heteroatoms. The first-order valence-corrected chi connectivity index (χ1v) is 8.12. The fourth-order valence-corrected chi connectivity index (χ4v) is 2.53. The monoisotopic (exact) mass is 409 g/mol. The normalized spacial score (nSPS) is 11.7. The van der Waals surface area contributed by atoms with Crippen molar-refractivity contribution in [3.63, 3.8) is 0 Å². The lowest BCUT2D eigenvalue weighted by Gasteiger charge is -2.08. The molecule has 2 aromatic carbocycles. The average Bonchev–Trinajstić information content (AvgIpc) is 3.10. The standard InChI is InChI=1S/C18H11ClF3N3O3/c19-13-3-1-2-11(8-13)17-7-5-14(28-17)10-23-24-15-6-4-12(18(20,21)22)9-16(15)25(26)27/h1-10,24H/b23-10-. The van der Waals surface area contributed by atoms with E-state index >= 15 is 0 Å². The van der Waals surface area contributed by atoms with Crippen molar-refractivity contribution in [3.05, 3.63) is 81.1 Å². The minimum Gasteiger partial charge on any atom is -0.455 e. The van der Waals surface area contributed by atoms with Gasteiger partial charge < -0.3 is 4.42 Å². The molecule has 1 heterocycles. The van der Waals surface area contributed by atoms with Crippen LogP contribution in [0.25, 0.3) is 11.3 Å². The molecule has 0 unspecified atom stereocenters. The third-order valence-electron chi connectivity index (χ3n) is 3.63. The number of nitrogens with one attached hydrogen (secondary N) is 1. The van der Waals surface area contributed by atoms with E-state index in [0.29, 0.717) is 22.6 Å². The first-order chi connectivity index (χ1) is 13.2. The van der Waals surface area contributed by atoms with E-state index in [4.69, 9.17) is 16.0 Å². The van der Waals surface area contributed by atoms with Crippen molar-refractivity contribution >= 4 is 29.2 Å². The molecular formula is C18H11ClF3N3O3. The molecule has 0 atom stereocenters. The number of hydrogen-bond acceptors (Lipinski definition) is 5. The summed E-state index contributed by atoms with van der Waals surface area (Å²) in [6.45, 7) is 0. The van der Waals surface area contributed by atoms with Crippen LogP contribution < -0.4 is 5.43 Å². The fraction of sp³-hybridized carbons (Fsp3) is 0.0556.